The Kier molecular flexibility index (Phi) is 1.25. The van der Waals surface area contributed by atoms with Crippen LogP contribution in [0.25, 0.3) is 10.2 Å². The Bertz CT molecular complexity index is 485. The van der Waals surface area contributed by atoms with E-state index >= 15 is 0 Å². The topological polar surface area (TPSA) is 25.8 Å². The third-order valence-corrected chi connectivity index (χ3v) is 2.83. The number of aromatic nitrogens is 2. The maximum Gasteiger partial charge on any atom is 0.150 e. The molecule has 2 aromatic rings. The Morgan fingerprint density at radius 2 is 2.27 bits per heavy atom. The fourth-order valence-electron chi connectivity index (χ4n) is 0.702. The highest BCUT2D eigenvalue weighted by molar-refractivity contribution is 7.18. The largest absolute Gasteiger partial charge is 0.234 e. The highest BCUT2D eigenvalue weighted by atomic mass is 35.5. The van der Waals surface area contributed by atoms with E-state index in [1.807, 2.05) is 0 Å². The Hall–Kier alpha value is -0.380. The first kappa shape index (κ1) is 5.30. The smallest absolute Gasteiger partial charge is 0.150 e. The number of thiophene rings is 1. The van der Waals surface area contributed by atoms with Gasteiger partial charge in [0.1, 0.15) is 18.3 Å². The summed E-state index contributed by atoms with van der Waals surface area (Å²) < 4.78 is 15.2. The third-order valence-electron chi connectivity index (χ3n) is 1.16. The van der Waals surface area contributed by atoms with E-state index in [-0.39, 0.29) is 21.8 Å². The van der Waals surface area contributed by atoms with Gasteiger partial charge in [0.25, 0.3) is 0 Å². The maximum atomic E-state index is 7.41. The van der Waals surface area contributed by atoms with Gasteiger partial charge in [-0.3, -0.25) is 0 Å². The first-order valence-electron chi connectivity index (χ1n) is 3.68. The predicted octanol–water partition coefficient (Wildman–Crippen LogP) is 3.00. The van der Waals surface area contributed by atoms with Crippen molar-refractivity contribution in [2.45, 2.75) is 0 Å². The summed E-state index contributed by atoms with van der Waals surface area (Å²) in [6.45, 7) is 0. The maximum absolute atomic E-state index is 7.41. The van der Waals surface area contributed by atoms with Crippen molar-refractivity contribution in [3.8, 4) is 0 Å². The van der Waals surface area contributed by atoms with Crippen LogP contribution in [0.2, 0.25) is 10.2 Å². The molecule has 2 nitrogen and oxygen atoms in total. The van der Waals surface area contributed by atoms with Gasteiger partial charge in [0.15, 0.2) is 0 Å². The van der Waals surface area contributed by atoms with E-state index in [2.05, 4.69) is 9.97 Å². The molecule has 0 bridgehead atoms. The summed E-state index contributed by atoms with van der Waals surface area (Å²) in [7, 11) is 0. The van der Waals surface area contributed by atoms with E-state index in [0.717, 1.165) is 11.3 Å². The van der Waals surface area contributed by atoms with Crippen LogP contribution in [0.5, 0.6) is 0 Å². The minimum absolute atomic E-state index is 0.181. The SMILES string of the molecule is [2H]c1nc(Cl)c2sc([2H])c(Cl)c2n1. The standard InChI is InChI=1S/C6H2Cl2N2S/c7-3-1-11-5-4(3)9-2-10-6(5)8/h1-2H/i1D,2D. The average molecular weight is 207 g/mol. The molecule has 0 unspecified atom stereocenters. The molecule has 0 saturated carbocycles. The number of hydrogen-bond donors (Lipinski definition) is 0. The van der Waals surface area contributed by atoms with Crippen LogP contribution in [0.1, 0.15) is 2.74 Å². The van der Waals surface area contributed by atoms with Crippen molar-refractivity contribution in [1.29, 1.82) is 0 Å². The van der Waals surface area contributed by atoms with Gasteiger partial charge in [-0.2, -0.15) is 0 Å². The average Bonchev–Trinajstić information content (AvgIpc) is 2.32. The van der Waals surface area contributed by atoms with Crippen molar-refractivity contribution < 1.29 is 2.74 Å². The highest BCUT2D eigenvalue weighted by Crippen LogP contribution is 2.31. The predicted molar refractivity (Wildman–Crippen MR) is 47.4 cm³/mol. The summed E-state index contributed by atoms with van der Waals surface area (Å²) in [5.41, 5.74) is 0.390. The van der Waals surface area contributed by atoms with E-state index in [1.165, 1.54) is 0 Å². The molecule has 0 atom stereocenters. The molecule has 2 heterocycles. The van der Waals surface area contributed by atoms with Gasteiger partial charge in [-0.1, -0.05) is 23.2 Å². The molecule has 0 radical (unpaired) electrons. The van der Waals surface area contributed by atoms with Crippen LogP contribution in [0, 0.1) is 0 Å². The van der Waals surface area contributed by atoms with E-state index in [9.17, 15) is 0 Å². The van der Waals surface area contributed by atoms with Gasteiger partial charge in [0, 0.05) is 5.36 Å². The monoisotopic (exact) mass is 206 g/mol. The Balaban J connectivity index is 2.94. The Morgan fingerprint density at radius 1 is 1.45 bits per heavy atom. The molecule has 56 valence electrons. The van der Waals surface area contributed by atoms with Crippen LogP contribution < -0.4 is 0 Å². The molecule has 0 aliphatic carbocycles. The molecular weight excluding hydrogens is 203 g/mol. The van der Waals surface area contributed by atoms with Crippen molar-refractivity contribution in [2.24, 2.45) is 0 Å². The normalized spacial score (nSPS) is 13.3. The molecule has 2 rings (SSSR count). The second-order valence-corrected chi connectivity index (χ2v) is 3.36. The van der Waals surface area contributed by atoms with Crippen LogP contribution in [0.3, 0.4) is 0 Å². The Labute approximate surface area is 79.6 Å². The number of halogens is 2. The van der Waals surface area contributed by atoms with Crippen LogP contribution in [0.15, 0.2) is 11.7 Å². The first-order valence-corrected chi connectivity index (χ1v) is 4.25. The van der Waals surface area contributed by atoms with Gasteiger partial charge >= 0.3 is 0 Å². The molecule has 0 saturated heterocycles. The summed E-state index contributed by atoms with van der Waals surface area (Å²) in [5, 5.41) is 0.608. The lowest BCUT2D eigenvalue weighted by Crippen LogP contribution is -1.77. The van der Waals surface area contributed by atoms with Crippen LogP contribution in [-0.4, -0.2) is 9.97 Å². The van der Waals surface area contributed by atoms with E-state index in [1.54, 1.807) is 0 Å². The minimum atomic E-state index is -0.183. The van der Waals surface area contributed by atoms with Crippen molar-refractivity contribution >= 4 is 44.8 Å². The summed E-state index contributed by atoms with van der Waals surface area (Å²) in [6, 6.07) is 0. The Morgan fingerprint density at radius 3 is 3.09 bits per heavy atom. The highest BCUT2D eigenvalue weighted by Gasteiger charge is 2.05. The summed E-state index contributed by atoms with van der Waals surface area (Å²) >= 11 is 12.6. The number of nitrogens with zero attached hydrogens (tertiary/aromatic N) is 2. The van der Waals surface area contributed by atoms with Crippen LogP contribution in [-0.2, 0) is 0 Å². The van der Waals surface area contributed by atoms with E-state index in [0.29, 0.717) is 10.2 Å². The zero-order chi connectivity index (χ0) is 9.59. The molecule has 0 spiro atoms. The van der Waals surface area contributed by atoms with Crippen molar-refractivity contribution in [2.75, 3.05) is 0 Å². The van der Waals surface area contributed by atoms with Gasteiger partial charge in [-0.25, -0.2) is 9.97 Å². The lowest BCUT2D eigenvalue weighted by Gasteiger charge is -1.89. The number of hydrogen-bond acceptors (Lipinski definition) is 3. The molecule has 0 aliphatic rings. The first-order chi connectivity index (χ1) is 6.09. The van der Waals surface area contributed by atoms with Crippen molar-refractivity contribution in [3.05, 3.63) is 21.8 Å². The van der Waals surface area contributed by atoms with Gasteiger partial charge in [-0.15, -0.1) is 11.3 Å². The molecule has 2 aromatic heterocycles. The second-order valence-electron chi connectivity index (χ2n) is 1.81. The number of fused-ring (bicyclic) bond motifs is 1. The summed E-state index contributed by atoms with van der Waals surface area (Å²) in [5.74, 6) is 0. The minimum Gasteiger partial charge on any atom is -0.234 e. The van der Waals surface area contributed by atoms with E-state index in [4.69, 9.17) is 25.9 Å². The fourth-order valence-corrected chi connectivity index (χ4v) is 1.92. The fraction of sp³-hybridized carbons (Fsp3) is 0. The van der Waals surface area contributed by atoms with Gasteiger partial charge in [-0.05, 0) is 0 Å². The lowest BCUT2D eigenvalue weighted by atomic mass is 10.5. The van der Waals surface area contributed by atoms with E-state index < -0.39 is 0 Å². The van der Waals surface area contributed by atoms with Gasteiger partial charge in [0.2, 0.25) is 0 Å². The number of rotatable bonds is 0. The zero-order valence-electron chi connectivity index (χ0n) is 7.06. The van der Waals surface area contributed by atoms with Crippen molar-refractivity contribution in [1.82, 2.24) is 9.97 Å². The second kappa shape index (κ2) is 2.59. The molecule has 11 heavy (non-hydrogen) atoms. The summed E-state index contributed by atoms with van der Waals surface area (Å²) in [4.78, 5) is 7.43. The molecule has 5 heteroatoms. The molecule has 0 amide bonds. The van der Waals surface area contributed by atoms with Crippen molar-refractivity contribution in [3.63, 3.8) is 0 Å². The summed E-state index contributed by atoms with van der Waals surface area (Å²) in [6.07, 6.45) is -0.183. The third kappa shape index (κ3) is 1.09. The molecule has 0 aliphatic heterocycles. The molecule has 0 aromatic carbocycles. The zero-order valence-corrected chi connectivity index (χ0v) is 7.39. The molecule has 0 N–H and O–H groups in total. The lowest BCUT2D eigenvalue weighted by molar-refractivity contribution is 1.23. The van der Waals surface area contributed by atoms with Crippen LogP contribution >= 0.6 is 34.5 Å². The van der Waals surface area contributed by atoms with Gasteiger partial charge in [0.05, 0.1) is 11.1 Å². The molecule has 0 fully saturated rings. The molecular formula is C6H2Cl2N2S. The van der Waals surface area contributed by atoms with Gasteiger partial charge < -0.3 is 0 Å². The van der Waals surface area contributed by atoms with Crippen LogP contribution in [0.4, 0.5) is 0 Å². The quantitative estimate of drug-likeness (QED) is 0.620.